The van der Waals surface area contributed by atoms with Gasteiger partial charge in [-0.05, 0) is 85.7 Å². The fourth-order valence-corrected chi connectivity index (χ4v) is 12.9. The quantitative estimate of drug-likeness (QED) is 0.118. The van der Waals surface area contributed by atoms with E-state index < -0.39 is 15.2 Å². The van der Waals surface area contributed by atoms with Crippen LogP contribution in [-0.2, 0) is 9.13 Å². The SMILES string of the molecule is C=C/C=C1/CN(C)P(=O)(N(C)CCCCCN(C)P2(=O)N(C)c3ccc4ccccc4c3-c3c(ccc4ccccc34)N2C)N(C)C=C1/C=C/C. The number of nitrogens with zero attached hydrogens (tertiary/aromatic N) is 6. The number of allylic oxidation sites excluding steroid dienone is 4. The number of rotatable bonds is 10. The number of likely N-dealkylation sites (N-methyl/N-ethyl adjacent to an activating group) is 1. The highest BCUT2D eigenvalue weighted by molar-refractivity contribution is 7.64. The van der Waals surface area contributed by atoms with Gasteiger partial charge in [0.05, 0.1) is 11.4 Å². The lowest BCUT2D eigenvalue weighted by Crippen LogP contribution is -2.36. The van der Waals surface area contributed by atoms with Gasteiger partial charge in [0.25, 0.3) is 0 Å². The van der Waals surface area contributed by atoms with Crippen molar-refractivity contribution in [1.29, 1.82) is 0 Å². The van der Waals surface area contributed by atoms with E-state index in [9.17, 15) is 4.57 Å². The number of anilines is 2. The molecule has 1 atom stereocenters. The molecule has 0 N–H and O–H groups in total. The largest absolute Gasteiger partial charge is 0.334 e. The molecule has 2 heterocycles. The maximum atomic E-state index is 15.6. The zero-order chi connectivity index (χ0) is 36.5. The first kappa shape index (κ1) is 36.9. The summed E-state index contributed by atoms with van der Waals surface area (Å²) in [7, 11) is 5.43. The van der Waals surface area contributed by atoms with E-state index >= 15 is 4.57 Å². The molecule has 4 aromatic rings. The Labute approximate surface area is 304 Å². The molecule has 10 heteroatoms. The average Bonchev–Trinajstić information content (AvgIpc) is 3.27. The predicted molar refractivity (Wildman–Crippen MR) is 220 cm³/mol. The van der Waals surface area contributed by atoms with E-state index in [1.165, 1.54) is 0 Å². The second-order valence-electron chi connectivity index (χ2n) is 13.7. The van der Waals surface area contributed by atoms with Crippen LogP contribution >= 0.6 is 15.2 Å². The molecule has 0 bridgehead atoms. The zero-order valence-electron chi connectivity index (χ0n) is 31.2. The molecule has 8 nitrogen and oxygen atoms in total. The standard InChI is InChI=1S/C41H52N6O2P2/c1-9-18-34-30-44(5)50(48,45(6)31-35(34)19-10-2)42(3)28-16-11-17-29-43(4)51(49)46(7)38-26-24-32-20-12-14-22-36(32)40(38)41-37-23-15-13-21-33(37)25-27-39(41)47(51)8/h9-10,12-15,18-27,31H,1,11,16-17,28-30H2,2-8H3/b19-10+,34-18-. The van der Waals surface area contributed by atoms with Crippen LogP contribution in [0.25, 0.3) is 32.7 Å². The smallest absolute Gasteiger partial charge is 0.308 e. The van der Waals surface area contributed by atoms with Crippen molar-refractivity contribution in [2.24, 2.45) is 0 Å². The Morgan fingerprint density at radius 3 is 1.75 bits per heavy atom. The van der Waals surface area contributed by atoms with Crippen molar-refractivity contribution in [3.05, 3.63) is 121 Å². The highest BCUT2D eigenvalue weighted by Crippen LogP contribution is 2.64. The fraction of sp³-hybridized carbons (Fsp3) is 0.317. The van der Waals surface area contributed by atoms with E-state index in [1.54, 1.807) is 6.08 Å². The lowest BCUT2D eigenvalue weighted by atomic mass is 9.91. The van der Waals surface area contributed by atoms with Crippen LogP contribution < -0.4 is 9.34 Å². The van der Waals surface area contributed by atoms with E-state index in [0.29, 0.717) is 19.6 Å². The second kappa shape index (κ2) is 15.0. The summed E-state index contributed by atoms with van der Waals surface area (Å²) in [4.78, 5) is 0. The number of benzene rings is 4. The van der Waals surface area contributed by atoms with Crippen LogP contribution in [0.4, 0.5) is 11.4 Å². The lowest BCUT2D eigenvalue weighted by Gasteiger charge is -2.41. The highest BCUT2D eigenvalue weighted by Gasteiger charge is 2.43. The van der Waals surface area contributed by atoms with Crippen LogP contribution in [0.2, 0.25) is 0 Å². The molecule has 0 fully saturated rings. The van der Waals surface area contributed by atoms with Gasteiger partial charge in [-0.3, -0.25) is 18.5 Å². The van der Waals surface area contributed by atoms with Crippen LogP contribution in [0.1, 0.15) is 26.2 Å². The predicted octanol–water partition coefficient (Wildman–Crippen LogP) is 10.2. The Balaban J connectivity index is 1.22. The van der Waals surface area contributed by atoms with E-state index in [1.807, 2.05) is 90.9 Å². The number of fused-ring (bicyclic) bond motifs is 7. The van der Waals surface area contributed by atoms with Crippen LogP contribution in [0, 0.1) is 0 Å². The summed E-state index contributed by atoms with van der Waals surface area (Å²) in [5, 5.41) is 4.62. The van der Waals surface area contributed by atoms with E-state index in [-0.39, 0.29) is 0 Å². The second-order valence-corrected chi connectivity index (χ2v) is 19.6. The maximum Gasteiger partial charge on any atom is 0.334 e. The van der Waals surface area contributed by atoms with Crippen LogP contribution in [0.15, 0.2) is 121 Å². The van der Waals surface area contributed by atoms with Gasteiger partial charge in [-0.1, -0.05) is 98.0 Å². The van der Waals surface area contributed by atoms with Crippen molar-refractivity contribution in [3.63, 3.8) is 0 Å². The van der Waals surface area contributed by atoms with Crippen LogP contribution in [0.3, 0.4) is 0 Å². The Morgan fingerprint density at radius 1 is 0.725 bits per heavy atom. The molecule has 51 heavy (non-hydrogen) atoms. The van der Waals surface area contributed by atoms with Gasteiger partial charge in [-0.2, -0.15) is 0 Å². The molecule has 0 aliphatic carbocycles. The van der Waals surface area contributed by atoms with E-state index in [2.05, 4.69) is 90.1 Å². The molecule has 0 amide bonds. The summed E-state index contributed by atoms with van der Waals surface area (Å²) in [6.07, 6.45) is 12.5. The lowest BCUT2D eigenvalue weighted by molar-refractivity contribution is 0.352. The summed E-state index contributed by atoms with van der Waals surface area (Å²) >= 11 is 0. The first-order chi connectivity index (χ1) is 24.5. The monoisotopic (exact) mass is 722 g/mol. The van der Waals surface area contributed by atoms with Gasteiger partial charge < -0.3 is 4.67 Å². The number of hydrogen-bond acceptors (Lipinski definition) is 2. The molecule has 2 aliphatic heterocycles. The van der Waals surface area contributed by atoms with Crippen molar-refractivity contribution < 1.29 is 9.13 Å². The minimum absolute atomic E-state index is 0.563. The maximum absolute atomic E-state index is 15.6. The Hall–Kier alpha value is -3.90. The number of hydrogen-bond donors (Lipinski definition) is 0. The van der Waals surface area contributed by atoms with E-state index in [4.69, 9.17) is 0 Å². The Morgan fingerprint density at radius 2 is 1.24 bits per heavy atom. The fourth-order valence-electron chi connectivity index (χ4n) is 7.80. The summed E-state index contributed by atoms with van der Waals surface area (Å²) < 4.78 is 42.1. The number of unbranched alkanes of at least 4 members (excludes halogenated alkanes) is 2. The first-order valence-electron chi connectivity index (χ1n) is 17.8. The molecule has 0 saturated carbocycles. The van der Waals surface area contributed by atoms with Gasteiger partial charge in [0.1, 0.15) is 0 Å². The first-order valence-corrected chi connectivity index (χ1v) is 20.9. The normalized spacial score (nSPS) is 20.3. The molecule has 2 aliphatic rings. The molecule has 1 unspecified atom stereocenters. The molecule has 6 rings (SSSR count). The molecule has 268 valence electrons. The van der Waals surface area contributed by atoms with Gasteiger partial charge in [-0.25, -0.2) is 14.0 Å². The van der Waals surface area contributed by atoms with Crippen LogP contribution in [0.5, 0.6) is 0 Å². The van der Waals surface area contributed by atoms with E-state index in [0.717, 1.165) is 74.5 Å². The molecule has 0 radical (unpaired) electrons. The molecule has 0 aromatic heterocycles. The van der Waals surface area contributed by atoms with Crippen molar-refractivity contribution in [2.45, 2.75) is 26.2 Å². The third-order valence-corrected chi connectivity index (χ3v) is 16.7. The minimum Gasteiger partial charge on any atom is -0.308 e. The Kier molecular flexibility index (Phi) is 10.8. The summed E-state index contributed by atoms with van der Waals surface area (Å²) in [5.41, 5.74) is 6.29. The molecule has 0 spiro atoms. The van der Waals surface area contributed by atoms with Gasteiger partial charge in [0, 0.05) is 58.1 Å². The topological polar surface area (TPSA) is 53.6 Å². The summed E-state index contributed by atoms with van der Waals surface area (Å²) in [6.45, 7) is 7.78. The third-order valence-electron chi connectivity index (χ3n) is 10.5. The van der Waals surface area contributed by atoms with Gasteiger partial charge in [0.2, 0.25) is 0 Å². The summed E-state index contributed by atoms with van der Waals surface area (Å²) in [5.74, 6) is 0. The highest BCUT2D eigenvalue weighted by atomic mass is 31.2. The van der Waals surface area contributed by atoms with Crippen molar-refractivity contribution in [3.8, 4) is 11.1 Å². The minimum atomic E-state index is -3.29. The van der Waals surface area contributed by atoms with Crippen molar-refractivity contribution in [2.75, 3.05) is 71.3 Å². The molecule has 4 aromatic carbocycles. The molecule has 0 saturated heterocycles. The van der Waals surface area contributed by atoms with Crippen LogP contribution in [-0.4, -0.2) is 80.6 Å². The van der Waals surface area contributed by atoms with Gasteiger partial charge in [-0.15, -0.1) is 0 Å². The average molecular weight is 723 g/mol. The Bertz CT molecular complexity index is 2050. The van der Waals surface area contributed by atoms with Gasteiger partial charge >= 0.3 is 15.2 Å². The van der Waals surface area contributed by atoms with Gasteiger partial charge in [0.15, 0.2) is 0 Å². The molecular formula is C41H52N6O2P2. The molecular weight excluding hydrogens is 670 g/mol. The van der Waals surface area contributed by atoms with Crippen molar-refractivity contribution >= 4 is 48.1 Å². The zero-order valence-corrected chi connectivity index (χ0v) is 32.9. The summed E-state index contributed by atoms with van der Waals surface area (Å²) in [6, 6.07) is 25.5. The van der Waals surface area contributed by atoms with Crippen molar-refractivity contribution in [1.82, 2.24) is 18.7 Å². The third kappa shape index (κ3) is 6.43.